The molecule has 0 fully saturated rings. The number of halogens is 5. The number of nitrogens with zero attached hydrogens (tertiary/aromatic N) is 3. The van der Waals surface area contributed by atoms with Crippen molar-refractivity contribution < 1.29 is 13.2 Å². The Kier molecular flexibility index (Phi) is 11.7. The number of aryl methyl sites for hydroxylation is 1. The summed E-state index contributed by atoms with van der Waals surface area (Å²) in [7, 11) is 0. The highest BCUT2D eigenvalue weighted by Crippen LogP contribution is 2.40. The first-order valence-corrected chi connectivity index (χ1v) is 18.8. The highest BCUT2D eigenvalue weighted by molar-refractivity contribution is 6.32. The molecule has 8 heteroatoms. The molecule has 0 amide bonds. The van der Waals surface area contributed by atoms with Gasteiger partial charge in [-0.15, -0.1) is 0 Å². The van der Waals surface area contributed by atoms with Gasteiger partial charge >= 0.3 is 6.18 Å². The summed E-state index contributed by atoms with van der Waals surface area (Å²) >= 11 is 13.6. The maximum absolute atomic E-state index is 13.4. The fraction of sp³-hybridized carbons (Fsp3) is 0.188. The Labute approximate surface area is 335 Å². The third-order valence-electron chi connectivity index (χ3n) is 10.7. The summed E-state index contributed by atoms with van der Waals surface area (Å²) in [4.78, 5) is 0. The Hall–Kier alpha value is -5.84. The first kappa shape index (κ1) is 39.8. The Bertz CT molecular complexity index is 2560. The van der Waals surface area contributed by atoms with E-state index in [2.05, 4.69) is 44.2 Å². The second-order valence-electron chi connectivity index (χ2n) is 14.2. The van der Waals surface area contributed by atoms with E-state index < -0.39 is 11.7 Å². The zero-order valence-electron chi connectivity index (χ0n) is 31.1. The molecule has 3 unspecified atom stereocenters. The molecule has 3 atom stereocenters. The van der Waals surface area contributed by atoms with Crippen molar-refractivity contribution >= 4 is 23.2 Å². The van der Waals surface area contributed by atoms with Crippen LogP contribution in [0.3, 0.4) is 0 Å². The van der Waals surface area contributed by atoms with Crippen LogP contribution >= 0.6 is 23.2 Å². The van der Waals surface area contributed by atoms with Crippen LogP contribution in [-0.2, 0) is 12.6 Å². The largest absolute Gasteiger partial charge is 0.416 e. The highest BCUT2D eigenvalue weighted by Gasteiger charge is 2.30. The fourth-order valence-corrected chi connectivity index (χ4v) is 7.72. The van der Waals surface area contributed by atoms with E-state index in [1.54, 1.807) is 18.2 Å². The fourth-order valence-electron chi connectivity index (χ4n) is 7.35. The number of alkyl halides is 3. The first-order valence-electron chi connectivity index (χ1n) is 18.0. The zero-order chi connectivity index (χ0) is 40.3. The number of hydrogen-bond acceptors (Lipinski definition) is 3. The van der Waals surface area contributed by atoms with Crippen LogP contribution in [0.25, 0.3) is 11.1 Å². The van der Waals surface area contributed by atoms with Gasteiger partial charge in [0.2, 0.25) is 0 Å². The number of hydrogen-bond donors (Lipinski definition) is 0. The summed E-state index contributed by atoms with van der Waals surface area (Å²) in [5.41, 5.74) is 10.4. The molecule has 3 nitrogen and oxygen atoms in total. The van der Waals surface area contributed by atoms with E-state index in [4.69, 9.17) is 23.2 Å². The van der Waals surface area contributed by atoms with Gasteiger partial charge in [-0.3, -0.25) is 0 Å². The number of rotatable bonds is 9. The maximum atomic E-state index is 13.4. The van der Waals surface area contributed by atoms with Crippen molar-refractivity contribution in [3.05, 3.63) is 198 Å². The van der Waals surface area contributed by atoms with E-state index >= 15 is 0 Å². The molecule has 0 spiro atoms. The molecule has 0 saturated carbocycles. The minimum absolute atomic E-state index is 0.0543. The minimum Gasteiger partial charge on any atom is -0.192 e. The van der Waals surface area contributed by atoms with Crippen molar-refractivity contribution in [1.29, 1.82) is 15.8 Å². The summed E-state index contributed by atoms with van der Waals surface area (Å²) in [6.07, 6.45) is -3.94. The summed E-state index contributed by atoms with van der Waals surface area (Å²) in [5.74, 6) is -0.456. The molecule has 0 bridgehead atoms. The Morgan fingerprint density at radius 3 is 1.79 bits per heavy atom. The van der Waals surface area contributed by atoms with Crippen LogP contribution in [-0.4, -0.2) is 0 Å². The van der Waals surface area contributed by atoms with Crippen LogP contribution in [0.5, 0.6) is 0 Å². The van der Waals surface area contributed by atoms with E-state index in [0.717, 1.165) is 56.6 Å². The molecule has 0 radical (unpaired) electrons. The third kappa shape index (κ3) is 8.36. The van der Waals surface area contributed by atoms with Gasteiger partial charge in [0.25, 0.3) is 0 Å². The number of benzene rings is 6. The maximum Gasteiger partial charge on any atom is 0.416 e. The quantitative estimate of drug-likeness (QED) is 0.147. The van der Waals surface area contributed by atoms with Gasteiger partial charge in [-0.2, -0.15) is 29.0 Å². The molecule has 0 heterocycles. The van der Waals surface area contributed by atoms with Crippen LogP contribution < -0.4 is 0 Å². The second-order valence-corrected chi connectivity index (χ2v) is 15.0. The molecule has 56 heavy (non-hydrogen) atoms. The lowest BCUT2D eigenvalue weighted by atomic mass is 9.82. The van der Waals surface area contributed by atoms with E-state index in [0.29, 0.717) is 49.8 Å². The standard InChI is InChI=1S/C48H36Cl2F3N3/c1-28-19-38(29(2)34-8-5-32(25-54)6-9-34)21-40(47(28)50)22-39-23-42(49)16-18-43(39)31(4)36-10-11-37(27-56)45(24-36)46-20-33(26-55)7-17-44(46)30(3)35-12-14-41(15-13-35)48(51,52)53/h5-21,23-24,29-31H,22H2,1-4H3. The molecule has 6 aromatic rings. The van der Waals surface area contributed by atoms with Crippen LogP contribution in [0, 0.1) is 40.9 Å². The molecule has 278 valence electrons. The van der Waals surface area contributed by atoms with Gasteiger partial charge in [0.05, 0.1) is 40.5 Å². The van der Waals surface area contributed by atoms with E-state index in [9.17, 15) is 29.0 Å². The predicted octanol–water partition coefficient (Wildman–Crippen LogP) is 13.6. The summed E-state index contributed by atoms with van der Waals surface area (Å²) in [6.45, 7) is 8.12. The van der Waals surface area contributed by atoms with Gasteiger partial charge in [-0.05, 0) is 130 Å². The van der Waals surface area contributed by atoms with Gasteiger partial charge in [-0.25, -0.2) is 0 Å². The molecule has 6 aromatic carbocycles. The van der Waals surface area contributed by atoms with Crippen molar-refractivity contribution in [2.24, 2.45) is 0 Å². The predicted molar refractivity (Wildman–Crippen MR) is 217 cm³/mol. The van der Waals surface area contributed by atoms with E-state index in [1.807, 2.05) is 74.5 Å². The normalized spacial score (nSPS) is 12.9. The Morgan fingerprint density at radius 2 is 1.14 bits per heavy atom. The van der Waals surface area contributed by atoms with Crippen molar-refractivity contribution in [2.75, 3.05) is 0 Å². The van der Waals surface area contributed by atoms with Crippen LogP contribution in [0.4, 0.5) is 13.2 Å². The molecule has 0 aromatic heterocycles. The van der Waals surface area contributed by atoms with Crippen molar-refractivity contribution in [1.82, 2.24) is 0 Å². The second kappa shape index (κ2) is 16.5. The van der Waals surface area contributed by atoms with Crippen molar-refractivity contribution in [2.45, 2.75) is 58.0 Å². The summed E-state index contributed by atoms with van der Waals surface area (Å²) < 4.78 is 40.1. The van der Waals surface area contributed by atoms with Crippen LogP contribution in [0.15, 0.2) is 115 Å². The Morgan fingerprint density at radius 1 is 0.554 bits per heavy atom. The molecule has 0 N–H and O–H groups in total. The van der Waals surface area contributed by atoms with Gasteiger partial charge < -0.3 is 0 Å². The number of nitriles is 3. The highest BCUT2D eigenvalue weighted by atomic mass is 35.5. The van der Waals surface area contributed by atoms with Gasteiger partial charge in [0.15, 0.2) is 0 Å². The van der Waals surface area contributed by atoms with Gasteiger partial charge in [0, 0.05) is 33.4 Å². The zero-order valence-corrected chi connectivity index (χ0v) is 32.7. The van der Waals surface area contributed by atoms with Crippen LogP contribution in [0.2, 0.25) is 10.0 Å². The molecule has 0 aliphatic heterocycles. The van der Waals surface area contributed by atoms with Crippen molar-refractivity contribution in [3.63, 3.8) is 0 Å². The Balaban J connectivity index is 1.39. The SMILES string of the molecule is Cc1cc(C(C)c2ccc(C#N)cc2)cc(Cc2cc(Cl)ccc2C(C)c2ccc(C#N)c(-c3cc(C#N)ccc3C(C)c3ccc(C(F)(F)F)cc3)c2)c1Cl. The monoisotopic (exact) mass is 781 g/mol. The molecular weight excluding hydrogens is 746 g/mol. The van der Waals surface area contributed by atoms with Crippen molar-refractivity contribution in [3.8, 4) is 29.3 Å². The lowest BCUT2D eigenvalue weighted by Crippen LogP contribution is -2.06. The smallest absolute Gasteiger partial charge is 0.192 e. The average molecular weight is 783 g/mol. The lowest BCUT2D eigenvalue weighted by molar-refractivity contribution is -0.137. The van der Waals surface area contributed by atoms with Crippen LogP contribution in [0.1, 0.15) is 111 Å². The molecule has 0 aliphatic carbocycles. The van der Waals surface area contributed by atoms with E-state index in [-0.39, 0.29) is 17.8 Å². The lowest BCUT2D eigenvalue weighted by Gasteiger charge is -2.22. The van der Waals surface area contributed by atoms with Gasteiger partial charge in [-0.1, -0.05) is 98.6 Å². The third-order valence-corrected chi connectivity index (χ3v) is 11.5. The molecular formula is C48H36Cl2F3N3. The summed E-state index contributed by atoms with van der Waals surface area (Å²) in [6, 6.07) is 40.3. The first-order chi connectivity index (χ1) is 26.7. The molecule has 0 aliphatic rings. The molecule has 0 saturated heterocycles. The van der Waals surface area contributed by atoms with Gasteiger partial charge in [0.1, 0.15) is 0 Å². The topological polar surface area (TPSA) is 71.4 Å². The minimum atomic E-state index is -4.45. The summed E-state index contributed by atoms with van der Waals surface area (Å²) in [5, 5.41) is 30.7. The van der Waals surface area contributed by atoms with E-state index in [1.165, 1.54) is 12.1 Å². The average Bonchev–Trinajstić information content (AvgIpc) is 3.21. The molecule has 6 rings (SSSR count).